The van der Waals surface area contributed by atoms with Gasteiger partial charge in [-0.25, -0.2) is 0 Å². The van der Waals surface area contributed by atoms with Gasteiger partial charge in [0, 0.05) is 38.0 Å². The summed E-state index contributed by atoms with van der Waals surface area (Å²) in [5.41, 5.74) is 1.17. The largest absolute Gasteiger partial charge is 0.346 e. The SMILES string of the molecule is CC(C)Sc1ccc(C(C)(C)CNC(=O)Br)cc1. The molecule has 0 bridgehead atoms. The van der Waals surface area contributed by atoms with Crippen molar-refractivity contribution >= 4 is 32.5 Å². The fourth-order valence-electron chi connectivity index (χ4n) is 1.65. The van der Waals surface area contributed by atoms with Crippen molar-refractivity contribution in [1.29, 1.82) is 0 Å². The van der Waals surface area contributed by atoms with Gasteiger partial charge in [-0.15, -0.1) is 11.8 Å². The zero-order valence-corrected chi connectivity index (χ0v) is 13.7. The van der Waals surface area contributed by atoms with Crippen LogP contribution in [0.4, 0.5) is 4.79 Å². The molecule has 0 aliphatic heterocycles. The molecule has 1 aromatic rings. The number of amides is 1. The molecule has 0 unspecified atom stereocenters. The third kappa shape index (κ3) is 5.02. The molecule has 1 amide bonds. The minimum Gasteiger partial charge on any atom is -0.346 e. The van der Waals surface area contributed by atoms with Gasteiger partial charge in [0.05, 0.1) is 0 Å². The zero-order valence-electron chi connectivity index (χ0n) is 11.3. The van der Waals surface area contributed by atoms with E-state index in [0.717, 1.165) is 0 Å². The van der Waals surface area contributed by atoms with Crippen LogP contribution in [0.2, 0.25) is 0 Å². The Kier molecular flexibility index (Phi) is 5.73. The highest BCUT2D eigenvalue weighted by Gasteiger charge is 2.20. The van der Waals surface area contributed by atoms with Crippen LogP contribution in [0, 0.1) is 0 Å². The molecule has 0 aliphatic carbocycles. The van der Waals surface area contributed by atoms with Crippen molar-refractivity contribution < 1.29 is 4.79 Å². The lowest BCUT2D eigenvalue weighted by molar-refractivity contribution is 0.259. The first kappa shape index (κ1) is 15.6. The summed E-state index contributed by atoms with van der Waals surface area (Å²) in [6.07, 6.45) is 0. The minimum absolute atomic E-state index is 0.0650. The number of rotatable bonds is 5. The summed E-state index contributed by atoms with van der Waals surface area (Å²) in [5.74, 6) is 0. The van der Waals surface area contributed by atoms with Crippen LogP contribution in [0.3, 0.4) is 0 Å². The van der Waals surface area contributed by atoms with Gasteiger partial charge in [0.2, 0.25) is 0 Å². The van der Waals surface area contributed by atoms with Crippen LogP contribution in [-0.2, 0) is 5.41 Å². The van der Waals surface area contributed by atoms with Crippen LogP contribution < -0.4 is 5.32 Å². The molecule has 100 valence electrons. The molecule has 2 nitrogen and oxygen atoms in total. The summed E-state index contributed by atoms with van der Waals surface area (Å²) in [4.78, 5) is 12.0. The smallest absolute Gasteiger partial charge is 0.287 e. The number of carbonyl (C=O) groups is 1. The van der Waals surface area contributed by atoms with Crippen LogP contribution in [0.25, 0.3) is 0 Å². The lowest BCUT2D eigenvalue weighted by Crippen LogP contribution is -2.34. The Labute approximate surface area is 122 Å². The van der Waals surface area contributed by atoms with Gasteiger partial charge in [-0.05, 0) is 17.7 Å². The molecular formula is C14H20BrNOS. The maximum absolute atomic E-state index is 10.9. The molecule has 0 aliphatic rings. The summed E-state index contributed by atoms with van der Waals surface area (Å²) in [5, 5.41) is 3.40. The predicted molar refractivity (Wildman–Crippen MR) is 82.8 cm³/mol. The van der Waals surface area contributed by atoms with Crippen molar-refractivity contribution in [3.8, 4) is 0 Å². The Morgan fingerprint density at radius 3 is 2.33 bits per heavy atom. The predicted octanol–water partition coefficient (Wildman–Crippen LogP) is 4.57. The Hall–Kier alpha value is -0.480. The number of hydrogen-bond acceptors (Lipinski definition) is 2. The monoisotopic (exact) mass is 329 g/mol. The van der Waals surface area contributed by atoms with Crippen molar-refractivity contribution in [1.82, 2.24) is 5.32 Å². The standard InChI is InChI=1S/C14H20BrNOS/c1-10(2)18-12-7-5-11(6-8-12)14(3,4)9-16-13(15)17/h5-8,10H,9H2,1-4H3,(H,16,17). The topological polar surface area (TPSA) is 29.1 Å². The molecule has 4 heteroatoms. The molecule has 0 saturated heterocycles. The first-order valence-corrected chi connectivity index (χ1v) is 7.69. The molecule has 0 spiro atoms. The van der Waals surface area contributed by atoms with Crippen LogP contribution in [0.5, 0.6) is 0 Å². The van der Waals surface area contributed by atoms with Crippen LogP contribution >= 0.6 is 27.7 Å². The fourth-order valence-corrected chi connectivity index (χ4v) is 2.63. The number of carbonyl (C=O) groups excluding carboxylic acids is 1. The number of nitrogens with one attached hydrogen (secondary N) is 1. The molecule has 1 aromatic carbocycles. The van der Waals surface area contributed by atoms with Gasteiger partial charge in [0.1, 0.15) is 0 Å². The summed E-state index contributed by atoms with van der Waals surface area (Å²) in [7, 11) is 0. The summed E-state index contributed by atoms with van der Waals surface area (Å²) >= 11 is 4.74. The maximum Gasteiger partial charge on any atom is 0.287 e. The molecule has 0 aromatic heterocycles. The molecule has 1 rings (SSSR count). The Morgan fingerprint density at radius 1 is 1.33 bits per heavy atom. The van der Waals surface area contributed by atoms with Gasteiger partial charge in [0.25, 0.3) is 4.82 Å². The first-order valence-electron chi connectivity index (χ1n) is 6.02. The van der Waals surface area contributed by atoms with Crippen molar-refractivity contribution in [2.75, 3.05) is 6.54 Å². The number of thioether (sulfide) groups is 1. The molecular weight excluding hydrogens is 310 g/mol. The van der Waals surface area contributed by atoms with E-state index >= 15 is 0 Å². The van der Waals surface area contributed by atoms with E-state index in [9.17, 15) is 4.79 Å². The minimum atomic E-state index is -0.164. The first-order chi connectivity index (χ1) is 8.31. The van der Waals surface area contributed by atoms with Crippen LogP contribution in [-0.4, -0.2) is 16.6 Å². The van der Waals surface area contributed by atoms with Gasteiger partial charge < -0.3 is 5.32 Å². The second kappa shape index (κ2) is 6.62. The average Bonchev–Trinajstić information content (AvgIpc) is 2.26. The van der Waals surface area contributed by atoms with Crippen molar-refractivity contribution in [2.24, 2.45) is 0 Å². The van der Waals surface area contributed by atoms with E-state index < -0.39 is 0 Å². The number of benzene rings is 1. The van der Waals surface area contributed by atoms with E-state index in [2.05, 4.69) is 73.2 Å². The van der Waals surface area contributed by atoms with E-state index in [1.165, 1.54) is 10.5 Å². The Morgan fingerprint density at radius 2 is 1.89 bits per heavy atom. The molecule has 0 atom stereocenters. The van der Waals surface area contributed by atoms with Crippen LogP contribution in [0.15, 0.2) is 29.2 Å². The van der Waals surface area contributed by atoms with Gasteiger partial charge in [-0.1, -0.05) is 39.8 Å². The highest BCUT2D eigenvalue weighted by Crippen LogP contribution is 2.27. The second-order valence-corrected chi connectivity index (χ2v) is 7.57. The van der Waals surface area contributed by atoms with E-state index in [4.69, 9.17) is 0 Å². The third-order valence-corrected chi connectivity index (χ3v) is 3.97. The van der Waals surface area contributed by atoms with Crippen LogP contribution in [0.1, 0.15) is 33.3 Å². The Balaban J connectivity index is 2.73. The van der Waals surface area contributed by atoms with E-state index in [1.807, 2.05) is 11.8 Å². The molecule has 0 radical (unpaired) electrons. The van der Waals surface area contributed by atoms with Gasteiger partial charge >= 0.3 is 0 Å². The fraction of sp³-hybridized carbons (Fsp3) is 0.500. The highest BCUT2D eigenvalue weighted by molar-refractivity contribution is 9.18. The van der Waals surface area contributed by atoms with Crippen molar-refractivity contribution in [3.63, 3.8) is 0 Å². The number of hydrogen-bond donors (Lipinski definition) is 1. The highest BCUT2D eigenvalue weighted by atomic mass is 79.9. The Bertz CT molecular complexity index is 401. The molecule has 1 N–H and O–H groups in total. The van der Waals surface area contributed by atoms with Crippen molar-refractivity contribution in [3.05, 3.63) is 29.8 Å². The lowest BCUT2D eigenvalue weighted by Gasteiger charge is -2.25. The van der Waals surface area contributed by atoms with Gasteiger partial charge in [-0.3, -0.25) is 4.79 Å². The second-order valence-electron chi connectivity index (χ2n) is 5.20. The molecule has 18 heavy (non-hydrogen) atoms. The average molecular weight is 330 g/mol. The number of halogens is 1. The third-order valence-electron chi connectivity index (χ3n) is 2.68. The van der Waals surface area contributed by atoms with E-state index in [-0.39, 0.29) is 10.2 Å². The summed E-state index contributed by atoms with van der Waals surface area (Å²) < 4.78 is 0. The summed E-state index contributed by atoms with van der Waals surface area (Å²) in [6, 6.07) is 8.59. The van der Waals surface area contributed by atoms with E-state index in [1.54, 1.807) is 0 Å². The van der Waals surface area contributed by atoms with E-state index in [0.29, 0.717) is 11.8 Å². The van der Waals surface area contributed by atoms with Crippen molar-refractivity contribution in [2.45, 2.75) is 43.3 Å². The zero-order chi connectivity index (χ0) is 13.8. The lowest BCUT2D eigenvalue weighted by atomic mass is 9.85. The van der Waals surface area contributed by atoms with Gasteiger partial charge in [-0.2, -0.15) is 0 Å². The molecule has 0 fully saturated rings. The maximum atomic E-state index is 10.9. The normalized spacial score (nSPS) is 11.7. The van der Waals surface area contributed by atoms with Gasteiger partial charge in [0.15, 0.2) is 0 Å². The molecule has 0 heterocycles. The quantitative estimate of drug-likeness (QED) is 0.487. The summed E-state index contributed by atoms with van der Waals surface area (Å²) in [6.45, 7) is 9.25. The molecule has 0 saturated carbocycles.